The second kappa shape index (κ2) is 8.51. The summed E-state index contributed by atoms with van der Waals surface area (Å²) in [5, 5.41) is 8.72. The monoisotopic (exact) mass is 359 g/mol. The standard InChI is InChI=1S/C19H29N5O2/c1-12-17(13(2)24-23-12)11-20-19(26)22-16-9-5-8-15(10-16)21-18(25)14-6-3-4-7-14/h5,8-10,12-14,17,23-24H,3-4,6-7,11H2,1-2H3,(H,21,25)(H2,20,22,26). The van der Waals surface area contributed by atoms with Crippen molar-refractivity contribution in [1.29, 1.82) is 0 Å². The van der Waals surface area contributed by atoms with Gasteiger partial charge in [-0.05, 0) is 44.9 Å². The van der Waals surface area contributed by atoms with Gasteiger partial charge in [-0.3, -0.25) is 15.6 Å². The third-order valence-corrected chi connectivity index (χ3v) is 5.44. The number of amides is 3. The molecule has 7 nitrogen and oxygen atoms in total. The summed E-state index contributed by atoms with van der Waals surface area (Å²) in [4.78, 5) is 24.4. The van der Waals surface area contributed by atoms with Crippen LogP contribution in [0, 0.1) is 11.8 Å². The maximum atomic E-state index is 12.2. The Bertz CT molecular complexity index is 635. The maximum absolute atomic E-state index is 12.2. The van der Waals surface area contributed by atoms with Gasteiger partial charge in [-0.15, -0.1) is 0 Å². The number of urea groups is 1. The van der Waals surface area contributed by atoms with Crippen LogP contribution in [0.15, 0.2) is 24.3 Å². The Morgan fingerprint density at radius 2 is 1.65 bits per heavy atom. The third kappa shape index (κ3) is 4.74. The van der Waals surface area contributed by atoms with Crippen molar-refractivity contribution in [3.63, 3.8) is 0 Å². The first-order chi connectivity index (χ1) is 12.5. The number of carbonyl (C=O) groups excluding carboxylic acids is 2. The molecule has 1 saturated carbocycles. The van der Waals surface area contributed by atoms with E-state index in [1.54, 1.807) is 6.07 Å². The topological polar surface area (TPSA) is 94.3 Å². The molecule has 1 aromatic carbocycles. The lowest BCUT2D eigenvalue weighted by Crippen LogP contribution is -2.39. The molecule has 7 heteroatoms. The molecule has 1 aromatic rings. The molecule has 1 saturated heterocycles. The van der Waals surface area contributed by atoms with Crippen LogP contribution in [0.4, 0.5) is 16.2 Å². The molecule has 3 rings (SSSR count). The summed E-state index contributed by atoms with van der Waals surface area (Å²) in [6.07, 6.45) is 4.19. The van der Waals surface area contributed by atoms with E-state index in [2.05, 4.69) is 40.6 Å². The fourth-order valence-electron chi connectivity index (χ4n) is 3.76. The van der Waals surface area contributed by atoms with E-state index in [0.29, 0.717) is 35.9 Å². The first-order valence-corrected chi connectivity index (χ1v) is 9.50. The van der Waals surface area contributed by atoms with Crippen molar-refractivity contribution in [3.8, 4) is 0 Å². The summed E-state index contributed by atoms with van der Waals surface area (Å²) in [6.45, 7) is 4.78. The van der Waals surface area contributed by atoms with Gasteiger partial charge in [0.1, 0.15) is 0 Å². The highest BCUT2D eigenvalue weighted by Gasteiger charge is 2.29. The second-order valence-corrected chi connectivity index (χ2v) is 7.42. The summed E-state index contributed by atoms with van der Waals surface area (Å²) >= 11 is 0. The molecule has 142 valence electrons. The molecule has 0 spiro atoms. The van der Waals surface area contributed by atoms with E-state index >= 15 is 0 Å². The lowest BCUT2D eigenvalue weighted by molar-refractivity contribution is -0.119. The molecule has 1 aliphatic carbocycles. The number of benzene rings is 1. The van der Waals surface area contributed by atoms with Crippen molar-refractivity contribution >= 4 is 23.3 Å². The summed E-state index contributed by atoms with van der Waals surface area (Å²) in [5.74, 6) is 0.526. The predicted molar refractivity (Wildman–Crippen MR) is 103 cm³/mol. The molecule has 2 atom stereocenters. The van der Waals surface area contributed by atoms with E-state index in [1.807, 2.05) is 18.2 Å². The van der Waals surface area contributed by atoms with Crippen molar-refractivity contribution in [2.24, 2.45) is 11.8 Å². The van der Waals surface area contributed by atoms with Crippen molar-refractivity contribution in [2.45, 2.75) is 51.6 Å². The highest BCUT2D eigenvalue weighted by Crippen LogP contribution is 2.26. The molecule has 1 aliphatic heterocycles. The number of hydrazine groups is 1. The SMILES string of the molecule is CC1NNC(C)C1CNC(=O)Nc1cccc(NC(=O)C2CCCC2)c1. The van der Waals surface area contributed by atoms with Gasteiger partial charge in [0.25, 0.3) is 0 Å². The maximum Gasteiger partial charge on any atom is 0.319 e. The van der Waals surface area contributed by atoms with Crippen LogP contribution in [-0.2, 0) is 4.79 Å². The third-order valence-electron chi connectivity index (χ3n) is 5.44. The van der Waals surface area contributed by atoms with Crippen molar-refractivity contribution in [3.05, 3.63) is 24.3 Å². The first-order valence-electron chi connectivity index (χ1n) is 9.50. The Kier molecular flexibility index (Phi) is 6.11. The summed E-state index contributed by atoms with van der Waals surface area (Å²) in [5.41, 5.74) is 7.74. The Hall–Kier alpha value is -2.12. The molecule has 3 amide bonds. The molecule has 5 N–H and O–H groups in total. The van der Waals surface area contributed by atoms with Gasteiger partial charge in [-0.1, -0.05) is 18.9 Å². The minimum atomic E-state index is -0.240. The predicted octanol–water partition coefficient (Wildman–Crippen LogP) is 2.44. The van der Waals surface area contributed by atoms with Crippen LogP contribution in [-0.4, -0.2) is 30.6 Å². The van der Waals surface area contributed by atoms with Crippen molar-refractivity contribution in [1.82, 2.24) is 16.2 Å². The molecule has 2 fully saturated rings. The number of hydrogen-bond acceptors (Lipinski definition) is 4. The normalized spacial score (nSPS) is 25.8. The minimum Gasteiger partial charge on any atom is -0.337 e. The zero-order valence-electron chi connectivity index (χ0n) is 15.5. The average Bonchev–Trinajstić information content (AvgIpc) is 3.24. The van der Waals surface area contributed by atoms with Gasteiger partial charge < -0.3 is 16.0 Å². The van der Waals surface area contributed by atoms with Gasteiger partial charge in [-0.2, -0.15) is 0 Å². The van der Waals surface area contributed by atoms with E-state index in [4.69, 9.17) is 0 Å². The Balaban J connectivity index is 1.49. The molecule has 2 unspecified atom stereocenters. The van der Waals surface area contributed by atoms with E-state index in [1.165, 1.54) is 0 Å². The van der Waals surface area contributed by atoms with Crippen LogP contribution in [0.2, 0.25) is 0 Å². The van der Waals surface area contributed by atoms with Crippen LogP contribution in [0.3, 0.4) is 0 Å². The number of nitrogens with one attached hydrogen (secondary N) is 5. The fraction of sp³-hybridized carbons (Fsp3) is 0.579. The molecule has 0 bridgehead atoms. The van der Waals surface area contributed by atoms with Crippen LogP contribution < -0.4 is 26.8 Å². The van der Waals surface area contributed by atoms with Gasteiger partial charge in [0.2, 0.25) is 5.91 Å². The average molecular weight is 359 g/mol. The molecule has 0 aromatic heterocycles. The number of rotatable bonds is 5. The van der Waals surface area contributed by atoms with E-state index in [-0.39, 0.29) is 17.9 Å². The lowest BCUT2D eigenvalue weighted by atomic mass is 9.97. The Labute approximate surface area is 154 Å². The van der Waals surface area contributed by atoms with Crippen LogP contribution >= 0.6 is 0 Å². The van der Waals surface area contributed by atoms with E-state index < -0.39 is 0 Å². The van der Waals surface area contributed by atoms with Crippen molar-refractivity contribution in [2.75, 3.05) is 17.2 Å². The van der Waals surface area contributed by atoms with Crippen LogP contribution in [0.1, 0.15) is 39.5 Å². The largest absolute Gasteiger partial charge is 0.337 e. The Morgan fingerprint density at radius 3 is 2.31 bits per heavy atom. The molecule has 2 aliphatic rings. The van der Waals surface area contributed by atoms with Gasteiger partial charge in [0.05, 0.1) is 0 Å². The van der Waals surface area contributed by atoms with Gasteiger partial charge in [0.15, 0.2) is 0 Å². The zero-order valence-corrected chi connectivity index (χ0v) is 15.5. The molecule has 1 heterocycles. The van der Waals surface area contributed by atoms with Gasteiger partial charge >= 0.3 is 6.03 Å². The highest BCUT2D eigenvalue weighted by atomic mass is 16.2. The molecular weight excluding hydrogens is 330 g/mol. The quantitative estimate of drug-likeness (QED) is 0.558. The van der Waals surface area contributed by atoms with Crippen LogP contribution in [0.5, 0.6) is 0 Å². The Morgan fingerprint density at radius 1 is 1.04 bits per heavy atom. The number of hydrogen-bond donors (Lipinski definition) is 5. The van der Waals surface area contributed by atoms with Gasteiger partial charge in [0, 0.05) is 41.8 Å². The van der Waals surface area contributed by atoms with Crippen molar-refractivity contribution < 1.29 is 9.59 Å². The smallest absolute Gasteiger partial charge is 0.319 e. The highest BCUT2D eigenvalue weighted by molar-refractivity contribution is 5.94. The summed E-state index contributed by atoms with van der Waals surface area (Å²) < 4.78 is 0. The van der Waals surface area contributed by atoms with E-state index in [9.17, 15) is 9.59 Å². The fourth-order valence-corrected chi connectivity index (χ4v) is 3.76. The molecule has 26 heavy (non-hydrogen) atoms. The van der Waals surface area contributed by atoms with E-state index in [0.717, 1.165) is 25.7 Å². The summed E-state index contributed by atoms with van der Waals surface area (Å²) in [6, 6.07) is 7.64. The number of carbonyl (C=O) groups is 2. The second-order valence-electron chi connectivity index (χ2n) is 7.42. The van der Waals surface area contributed by atoms with Gasteiger partial charge in [-0.25, -0.2) is 4.79 Å². The number of anilines is 2. The lowest BCUT2D eigenvalue weighted by Gasteiger charge is -2.18. The van der Waals surface area contributed by atoms with Crippen LogP contribution in [0.25, 0.3) is 0 Å². The minimum absolute atomic E-state index is 0.0771. The zero-order chi connectivity index (χ0) is 18.5. The molecule has 0 radical (unpaired) electrons. The first kappa shape index (κ1) is 18.7. The molecular formula is C19H29N5O2. The summed E-state index contributed by atoms with van der Waals surface area (Å²) in [7, 11) is 0.